The van der Waals surface area contributed by atoms with Crippen LogP contribution in [0.1, 0.15) is 164 Å². The maximum Gasteiger partial charge on any atom is 0.251 e. The summed E-state index contributed by atoms with van der Waals surface area (Å²) in [6.45, 7) is 15.4. The van der Waals surface area contributed by atoms with Gasteiger partial charge in [0.05, 0.1) is 20.5 Å². The zero-order valence-corrected chi connectivity index (χ0v) is 35.3. The monoisotopic (exact) mass is 772 g/mol. The topological polar surface area (TPSA) is 133 Å². The second-order valence-electron chi connectivity index (χ2n) is 16.9. The van der Waals surface area contributed by atoms with E-state index < -0.39 is 25.8 Å². The SMILES string of the molecule is CCCCc1ccc(C(=O)NC2CCC(NS(=O)(=O)C(C)(C)C)CC2)cc1.CCCCc1ccc(C(=O)NC2CCC(NS(=O)C(C)(C)C)CC2)cc1. The van der Waals surface area contributed by atoms with Crippen molar-refractivity contribution in [3.05, 3.63) is 70.8 Å². The quantitative estimate of drug-likeness (QED) is 0.155. The Morgan fingerprint density at radius 2 is 0.981 bits per heavy atom. The summed E-state index contributed by atoms with van der Waals surface area (Å²) < 4.78 is 41.8. The summed E-state index contributed by atoms with van der Waals surface area (Å²) in [5.41, 5.74) is 3.98. The Bertz CT molecular complexity index is 1550. The van der Waals surface area contributed by atoms with E-state index >= 15 is 0 Å². The molecule has 2 aromatic carbocycles. The van der Waals surface area contributed by atoms with Gasteiger partial charge < -0.3 is 10.6 Å². The molecule has 0 radical (unpaired) electrons. The van der Waals surface area contributed by atoms with Gasteiger partial charge in [-0.1, -0.05) is 51.0 Å². The first-order chi connectivity index (χ1) is 24.9. The van der Waals surface area contributed by atoms with Crippen molar-refractivity contribution in [2.75, 3.05) is 0 Å². The fraction of sp³-hybridized carbons (Fsp3) is 0.667. The molecule has 1 unspecified atom stereocenters. The van der Waals surface area contributed by atoms with Crippen LogP contribution in [-0.2, 0) is 33.9 Å². The molecule has 0 heterocycles. The lowest BCUT2D eigenvalue weighted by molar-refractivity contribution is 0.0917. The minimum Gasteiger partial charge on any atom is -0.349 e. The molecule has 298 valence electrons. The lowest BCUT2D eigenvalue weighted by atomic mass is 9.91. The van der Waals surface area contributed by atoms with Gasteiger partial charge in [-0.2, -0.15) is 0 Å². The summed E-state index contributed by atoms with van der Waals surface area (Å²) in [5, 5.41) is 6.25. The maximum atomic E-state index is 12.5. The standard InChI is InChI=1S/C21H34N2O3S.C21H34N2O2S/c1-5-6-7-16-8-10-17(11-9-16)20(24)22-18-12-14-19(15-13-18)23-27(25,26)21(2,3)4;1-5-6-7-16-8-10-17(11-9-16)20(24)22-18-12-14-19(15-13-18)23-26(25)21(2,3)4/h8-11,18-19,23H,5-7,12-15H2,1-4H3,(H,22,24);8-11,18-19,23H,5-7,12-15H2,1-4H3,(H,22,24). The second-order valence-corrected chi connectivity index (χ2v) is 21.3. The van der Waals surface area contributed by atoms with Crippen LogP contribution in [0, 0.1) is 0 Å². The largest absolute Gasteiger partial charge is 0.349 e. The summed E-state index contributed by atoms with van der Waals surface area (Å²) in [4.78, 5) is 24.9. The molecule has 2 aromatic rings. The van der Waals surface area contributed by atoms with Crippen LogP contribution in [0.3, 0.4) is 0 Å². The molecule has 0 saturated heterocycles. The van der Waals surface area contributed by atoms with E-state index in [9.17, 15) is 22.2 Å². The molecule has 0 aliphatic heterocycles. The van der Waals surface area contributed by atoms with Crippen LogP contribution in [0.25, 0.3) is 0 Å². The van der Waals surface area contributed by atoms with Crippen LogP contribution < -0.4 is 20.1 Å². The Kier molecular flexibility index (Phi) is 17.7. The minimum atomic E-state index is -3.33. The van der Waals surface area contributed by atoms with Crippen LogP contribution in [0.5, 0.6) is 0 Å². The summed E-state index contributed by atoms with van der Waals surface area (Å²) >= 11 is 0. The van der Waals surface area contributed by atoms with E-state index in [1.54, 1.807) is 20.8 Å². The number of carbonyl (C=O) groups excluding carboxylic acids is 2. The Morgan fingerprint density at radius 3 is 1.32 bits per heavy atom. The minimum absolute atomic E-state index is 0.0155. The maximum absolute atomic E-state index is 12.5. The number of unbranched alkanes of at least 4 members (excludes halogenated alkanes) is 2. The molecule has 53 heavy (non-hydrogen) atoms. The number of sulfonamides is 1. The predicted molar refractivity (Wildman–Crippen MR) is 220 cm³/mol. The smallest absolute Gasteiger partial charge is 0.251 e. The number of aryl methyl sites for hydroxylation is 2. The highest BCUT2D eigenvalue weighted by molar-refractivity contribution is 7.90. The van der Waals surface area contributed by atoms with Crippen LogP contribution in [0.15, 0.2) is 48.5 Å². The number of hydrogen-bond acceptors (Lipinski definition) is 5. The molecule has 0 bridgehead atoms. The lowest BCUT2D eigenvalue weighted by Gasteiger charge is -2.31. The molecule has 4 rings (SSSR count). The van der Waals surface area contributed by atoms with E-state index in [1.807, 2.05) is 57.2 Å². The molecule has 2 fully saturated rings. The average Bonchev–Trinajstić information content (AvgIpc) is 3.11. The molecular formula is C42H68N4O5S2. The van der Waals surface area contributed by atoms with Crippen LogP contribution >= 0.6 is 0 Å². The van der Waals surface area contributed by atoms with Gasteiger partial charge in [0, 0.05) is 35.3 Å². The van der Waals surface area contributed by atoms with Crippen molar-refractivity contribution in [1.82, 2.24) is 20.1 Å². The number of rotatable bonds is 14. The van der Waals surface area contributed by atoms with E-state index in [-0.39, 0.29) is 40.7 Å². The van der Waals surface area contributed by atoms with Crippen molar-refractivity contribution in [1.29, 1.82) is 0 Å². The van der Waals surface area contributed by atoms with Gasteiger partial charge >= 0.3 is 0 Å². The summed E-state index contributed by atoms with van der Waals surface area (Å²) in [6, 6.07) is 16.4. The Labute approximate surface area is 323 Å². The third-order valence-electron chi connectivity index (χ3n) is 10.2. The van der Waals surface area contributed by atoms with Crippen molar-refractivity contribution in [3.8, 4) is 0 Å². The van der Waals surface area contributed by atoms with E-state index in [4.69, 9.17) is 0 Å². The van der Waals surface area contributed by atoms with Crippen molar-refractivity contribution < 1.29 is 22.2 Å². The van der Waals surface area contributed by atoms with Gasteiger partial charge in [-0.15, -0.1) is 0 Å². The molecule has 2 aliphatic carbocycles. The van der Waals surface area contributed by atoms with Gasteiger partial charge in [-0.25, -0.2) is 22.1 Å². The fourth-order valence-corrected chi connectivity index (χ4v) is 8.30. The van der Waals surface area contributed by atoms with Crippen molar-refractivity contribution in [2.24, 2.45) is 0 Å². The van der Waals surface area contributed by atoms with Gasteiger partial charge in [0.25, 0.3) is 11.8 Å². The molecule has 2 aliphatic rings. The number of hydrogen-bond donors (Lipinski definition) is 4. The first kappa shape index (κ1) is 44.8. The molecule has 2 saturated carbocycles. The molecule has 11 heteroatoms. The number of benzene rings is 2. The third-order valence-corrected chi connectivity index (χ3v) is 14.1. The van der Waals surface area contributed by atoms with Crippen LogP contribution in [0.4, 0.5) is 0 Å². The number of carbonyl (C=O) groups is 2. The number of amides is 2. The highest BCUT2D eigenvalue weighted by Crippen LogP contribution is 2.24. The summed E-state index contributed by atoms with van der Waals surface area (Å²) in [7, 11) is -4.36. The van der Waals surface area contributed by atoms with Crippen LogP contribution in [-0.4, -0.2) is 58.1 Å². The van der Waals surface area contributed by atoms with Crippen molar-refractivity contribution in [3.63, 3.8) is 0 Å². The van der Waals surface area contributed by atoms with Crippen molar-refractivity contribution in [2.45, 2.75) is 179 Å². The molecule has 1 atom stereocenters. The van der Waals surface area contributed by atoms with Gasteiger partial charge in [-0.3, -0.25) is 9.59 Å². The second kappa shape index (κ2) is 20.9. The fourth-order valence-electron chi connectivity index (χ4n) is 6.38. The molecular weight excluding hydrogens is 705 g/mol. The van der Waals surface area contributed by atoms with Crippen molar-refractivity contribution >= 4 is 32.8 Å². The van der Waals surface area contributed by atoms with Gasteiger partial charge in [0.1, 0.15) is 0 Å². The molecule has 9 nitrogen and oxygen atoms in total. The van der Waals surface area contributed by atoms with E-state index in [0.29, 0.717) is 5.56 Å². The molecule has 4 N–H and O–H groups in total. The Morgan fingerprint density at radius 1 is 0.623 bits per heavy atom. The molecule has 0 spiro atoms. The zero-order chi connectivity index (χ0) is 39.2. The average molecular weight is 773 g/mol. The van der Waals surface area contributed by atoms with Gasteiger partial charge in [0.15, 0.2) is 0 Å². The Balaban J connectivity index is 0.000000286. The van der Waals surface area contributed by atoms with E-state index in [0.717, 1.165) is 82.6 Å². The molecule has 0 aromatic heterocycles. The summed E-state index contributed by atoms with van der Waals surface area (Å²) in [6.07, 6.45) is 13.6. The van der Waals surface area contributed by atoms with Crippen LogP contribution in [0.2, 0.25) is 0 Å². The normalized spacial score (nSPS) is 21.5. The lowest BCUT2D eigenvalue weighted by Crippen LogP contribution is -2.48. The highest BCUT2D eigenvalue weighted by atomic mass is 32.2. The predicted octanol–water partition coefficient (Wildman–Crippen LogP) is 7.91. The van der Waals surface area contributed by atoms with Gasteiger partial charge in [0.2, 0.25) is 10.0 Å². The first-order valence-corrected chi connectivity index (χ1v) is 22.5. The van der Waals surface area contributed by atoms with E-state index in [1.165, 1.54) is 24.0 Å². The summed E-state index contributed by atoms with van der Waals surface area (Å²) in [5.74, 6) is -0.0301. The van der Waals surface area contributed by atoms with E-state index in [2.05, 4.69) is 46.1 Å². The third kappa shape index (κ3) is 15.2. The number of nitrogens with one attached hydrogen (secondary N) is 4. The zero-order valence-electron chi connectivity index (χ0n) is 33.7. The van der Waals surface area contributed by atoms with Gasteiger partial charge in [-0.05, 0) is 154 Å². The first-order valence-electron chi connectivity index (χ1n) is 19.9. The molecule has 2 amide bonds. The highest BCUT2D eigenvalue weighted by Gasteiger charge is 2.33. The Hall–Kier alpha value is -2.60.